The van der Waals surface area contributed by atoms with Gasteiger partial charge in [0.25, 0.3) is 0 Å². The van der Waals surface area contributed by atoms with Crippen LogP contribution in [0.15, 0.2) is 24.3 Å². The van der Waals surface area contributed by atoms with Crippen molar-refractivity contribution in [3.05, 3.63) is 29.8 Å². The summed E-state index contributed by atoms with van der Waals surface area (Å²) in [6.07, 6.45) is 0.844. The lowest BCUT2D eigenvalue weighted by atomic mass is 10.0. The Morgan fingerprint density at radius 1 is 1.35 bits per heavy atom. The largest absolute Gasteiger partial charge is 0.496 e. The van der Waals surface area contributed by atoms with Gasteiger partial charge in [-0.15, -0.1) is 0 Å². The SMILES string of the molecule is CCOC(C)C(Cc1ccccc1OC)NN. The van der Waals surface area contributed by atoms with Crippen LogP contribution in [0.25, 0.3) is 0 Å². The molecule has 17 heavy (non-hydrogen) atoms. The Bertz CT molecular complexity index is 331. The second kappa shape index (κ2) is 7.27. The highest BCUT2D eigenvalue weighted by atomic mass is 16.5. The number of nitrogens with one attached hydrogen (secondary N) is 1. The molecule has 0 aliphatic heterocycles. The molecule has 0 amide bonds. The van der Waals surface area contributed by atoms with Gasteiger partial charge in [-0.2, -0.15) is 0 Å². The number of rotatable bonds is 7. The molecule has 4 nitrogen and oxygen atoms in total. The van der Waals surface area contributed by atoms with Crippen molar-refractivity contribution >= 4 is 0 Å². The number of hydrogen-bond donors (Lipinski definition) is 2. The van der Waals surface area contributed by atoms with Crippen LogP contribution in [0.5, 0.6) is 5.75 Å². The Morgan fingerprint density at radius 2 is 2.06 bits per heavy atom. The highest BCUT2D eigenvalue weighted by Crippen LogP contribution is 2.20. The summed E-state index contributed by atoms with van der Waals surface area (Å²) in [5.74, 6) is 6.46. The molecule has 0 saturated carbocycles. The molecule has 2 unspecified atom stereocenters. The number of ether oxygens (including phenoxy) is 2. The quantitative estimate of drug-likeness (QED) is 0.558. The molecule has 0 aromatic heterocycles. The van der Waals surface area contributed by atoms with Crippen molar-refractivity contribution in [2.45, 2.75) is 32.4 Å². The van der Waals surface area contributed by atoms with Crippen LogP contribution in [0.4, 0.5) is 0 Å². The molecule has 0 fully saturated rings. The minimum atomic E-state index is 0.0647. The van der Waals surface area contributed by atoms with E-state index < -0.39 is 0 Å². The number of benzene rings is 1. The fourth-order valence-corrected chi connectivity index (χ4v) is 1.85. The molecule has 0 saturated heterocycles. The van der Waals surface area contributed by atoms with Gasteiger partial charge in [-0.25, -0.2) is 0 Å². The van der Waals surface area contributed by atoms with Crippen LogP contribution in [0.2, 0.25) is 0 Å². The summed E-state index contributed by atoms with van der Waals surface area (Å²) in [6, 6.07) is 8.03. The number of para-hydroxylation sites is 1. The molecule has 1 aromatic carbocycles. The molecule has 2 atom stereocenters. The van der Waals surface area contributed by atoms with Crippen LogP contribution >= 0.6 is 0 Å². The third-order valence-electron chi connectivity index (χ3n) is 2.84. The monoisotopic (exact) mass is 238 g/mol. The Hall–Kier alpha value is -1.10. The molecule has 96 valence electrons. The first-order valence-corrected chi connectivity index (χ1v) is 5.92. The van der Waals surface area contributed by atoms with Crippen LogP contribution in [-0.2, 0) is 11.2 Å². The third kappa shape index (κ3) is 4.00. The average Bonchev–Trinajstić information content (AvgIpc) is 2.36. The Balaban J connectivity index is 2.73. The minimum absolute atomic E-state index is 0.0647. The molecule has 0 aliphatic carbocycles. The highest BCUT2D eigenvalue weighted by Gasteiger charge is 2.18. The second-order valence-electron chi connectivity index (χ2n) is 3.95. The van der Waals surface area contributed by atoms with Crippen LogP contribution in [0.1, 0.15) is 19.4 Å². The standard InChI is InChI=1S/C13H22N2O2/c1-4-17-10(2)12(15-14)9-11-7-5-6-8-13(11)16-3/h5-8,10,12,15H,4,9,14H2,1-3H3. The van der Waals surface area contributed by atoms with Crippen molar-refractivity contribution in [3.8, 4) is 5.75 Å². The molecule has 4 heteroatoms. The van der Waals surface area contributed by atoms with Crippen LogP contribution < -0.4 is 16.0 Å². The Morgan fingerprint density at radius 3 is 2.65 bits per heavy atom. The Labute approximate surface area is 103 Å². The summed E-state index contributed by atoms with van der Waals surface area (Å²) in [6.45, 7) is 4.68. The fourth-order valence-electron chi connectivity index (χ4n) is 1.85. The maximum absolute atomic E-state index is 5.57. The van der Waals surface area contributed by atoms with Gasteiger partial charge < -0.3 is 9.47 Å². The van der Waals surface area contributed by atoms with Gasteiger partial charge in [-0.1, -0.05) is 18.2 Å². The van der Waals surface area contributed by atoms with Crippen molar-refractivity contribution in [1.82, 2.24) is 5.43 Å². The van der Waals surface area contributed by atoms with E-state index in [0.717, 1.165) is 17.7 Å². The normalized spacial score (nSPS) is 14.4. The van der Waals surface area contributed by atoms with Gasteiger partial charge >= 0.3 is 0 Å². The van der Waals surface area contributed by atoms with Gasteiger partial charge in [0.15, 0.2) is 0 Å². The van der Waals surface area contributed by atoms with Crippen LogP contribution in [0.3, 0.4) is 0 Å². The number of methoxy groups -OCH3 is 1. The maximum Gasteiger partial charge on any atom is 0.122 e. The lowest BCUT2D eigenvalue weighted by Gasteiger charge is -2.23. The summed E-state index contributed by atoms with van der Waals surface area (Å²) in [5.41, 5.74) is 3.94. The molecule has 0 bridgehead atoms. The van der Waals surface area contributed by atoms with Crippen molar-refractivity contribution in [2.24, 2.45) is 5.84 Å². The van der Waals surface area contributed by atoms with E-state index in [0.29, 0.717) is 6.61 Å². The maximum atomic E-state index is 5.57. The molecular formula is C13H22N2O2. The Kier molecular flexibility index (Phi) is 5.97. The van der Waals surface area contributed by atoms with Crippen molar-refractivity contribution < 1.29 is 9.47 Å². The summed E-state index contributed by atoms with van der Waals surface area (Å²) >= 11 is 0. The first-order chi connectivity index (χ1) is 8.22. The predicted molar refractivity (Wildman–Crippen MR) is 68.9 cm³/mol. The lowest BCUT2D eigenvalue weighted by molar-refractivity contribution is 0.0475. The van der Waals surface area contributed by atoms with Gasteiger partial charge in [-0.05, 0) is 31.9 Å². The number of nitrogens with two attached hydrogens (primary N) is 1. The highest BCUT2D eigenvalue weighted by molar-refractivity contribution is 5.33. The van der Waals surface area contributed by atoms with Gasteiger partial charge in [-0.3, -0.25) is 11.3 Å². The van der Waals surface area contributed by atoms with Crippen molar-refractivity contribution in [2.75, 3.05) is 13.7 Å². The van der Waals surface area contributed by atoms with E-state index in [1.807, 2.05) is 38.1 Å². The molecule has 0 spiro atoms. The first-order valence-electron chi connectivity index (χ1n) is 5.92. The molecule has 3 N–H and O–H groups in total. The summed E-state index contributed by atoms with van der Waals surface area (Å²) in [7, 11) is 1.68. The van der Waals surface area contributed by atoms with E-state index in [2.05, 4.69) is 5.43 Å². The topological polar surface area (TPSA) is 56.5 Å². The molecule has 1 rings (SSSR count). The van der Waals surface area contributed by atoms with Gasteiger partial charge in [0.05, 0.1) is 19.3 Å². The molecule has 1 aromatic rings. The zero-order valence-corrected chi connectivity index (χ0v) is 10.8. The average molecular weight is 238 g/mol. The predicted octanol–water partition coefficient (Wildman–Crippen LogP) is 1.49. The molecule has 0 radical (unpaired) electrons. The van der Waals surface area contributed by atoms with E-state index >= 15 is 0 Å². The van der Waals surface area contributed by atoms with Crippen molar-refractivity contribution in [3.63, 3.8) is 0 Å². The number of hydrazine groups is 1. The van der Waals surface area contributed by atoms with Crippen LogP contribution in [-0.4, -0.2) is 25.9 Å². The second-order valence-corrected chi connectivity index (χ2v) is 3.95. The summed E-state index contributed by atoms with van der Waals surface area (Å²) in [5, 5.41) is 0. The summed E-state index contributed by atoms with van der Waals surface area (Å²) in [4.78, 5) is 0. The van der Waals surface area contributed by atoms with E-state index in [1.54, 1.807) is 7.11 Å². The lowest BCUT2D eigenvalue weighted by Crippen LogP contribution is -2.45. The third-order valence-corrected chi connectivity index (χ3v) is 2.84. The first kappa shape index (κ1) is 14.0. The van der Waals surface area contributed by atoms with Gasteiger partial charge in [0.2, 0.25) is 0 Å². The van der Waals surface area contributed by atoms with E-state index in [4.69, 9.17) is 15.3 Å². The van der Waals surface area contributed by atoms with Gasteiger partial charge in [0.1, 0.15) is 5.75 Å². The smallest absolute Gasteiger partial charge is 0.122 e. The zero-order valence-electron chi connectivity index (χ0n) is 10.8. The van der Waals surface area contributed by atoms with E-state index in [9.17, 15) is 0 Å². The number of hydrogen-bond acceptors (Lipinski definition) is 4. The van der Waals surface area contributed by atoms with Crippen molar-refractivity contribution in [1.29, 1.82) is 0 Å². The fraction of sp³-hybridized carbons (Fsp3) is 0.538. The summed E-state index contributed by atoms with van der Waals surface area (Å²) < 4.78 is 10.9. The molecular weight excluding hydrogens is 216 g/mol. The van der Waals surface area contributed by atoms with E-state index in [1.165, 1.54) is 0 Å². The zero-order chi connectivity index (χ0) is 12.7. The van der Waals surface area contributed by atoms with Gasteiger partial charge in [0, 0.05) is 6.61 Å². The molecule has 0 aliphatic rings. The van der Waals surface area contributed by atoms with Crippen LogP contribution in [0, 0.1) is 0 Å². The van der Waals surface area contributed by atoms with E-state index in [-0.39, 0.29) is 12.1 Å². The molecule has 0 heterocycles. The minimum Gasteiger partial charge on any atom is -0.496 e.